The van der Waals surface area contributed by atoms with Crippen LogP contribution in [0.15, 0.2) is 48.5 Å². The second-order valence-electron chi connectivity index (χ2n) is 14.2. The molecule has 2 rings (SSSR count). The third-order valence-corrected chi connectivity index (χ3v) is 10.3. The minimum Gasteiger partial charge on any atom is -0.478 e. The maximum absolute atomic E-state index is 11.2. The van der Waals surface area contributed by atoms with Crippen molar-refractivity contribution < 1.29 is 18.8 Å². The molecule has 216 valence electrons. The van der Waals surface area contributed by atoms with Crippen molar-refractivity contribution >= 4 is 31.1 Å². The Labute approximate surface area is 242 Å². The first-order chi connectivity index (χ1) is 17.8. The van der Waals surface area contributed by atoms with Crippen LogP contribution in [0.3, 0.4) is 0 Å². The van der Waals surface area contributed by atoms with Crippen LogP contribution in [0.1, 0.15) is 110 Å². The van der Waals surface area contributed by atoms with E-state index in [1.165, 1.54) is 28.3 Å². The Bertz CT molecular complexity index is 1150. The summed E-state index contributed by atoms with van der Waals surface area (Å²) in [5.41, 5.74) is 5.94. The van der Waals surface area contributed by atoms with Crippen LogP contribution in [0.5, 0.6) is 0 Å². The summed E-state index contributed by atoms with van der Waals surface area (Å²) in [5, 5.41) is 9.66. The van der Waals surface area contributed by atoms with Crippen LogP contribution in [0.25, 0.3) is 5.57 Å². The third-order valence-electron chi connectivity index (χ3n) is 6.79. The Hall–Kier alpha value is -2.00. The second kappa shape index (κ2) is 13.1. The summed E-state index contributed by atoms with van der Waals surface area (Å²) in [7, 11) is -1.50. The Morgan fingerprint density at radius 1 is 0.769 bits per heavy atom. The smallest absolute Gasteiger partial charge is 0.328 e. The highest BCUT2D eigenvalue weighted by molar-refractivity contribution is 6.32. The molecular weight excluding hydrogens is 517 g/mol. The lowest BCUT2D eigenvalue weighted by Gasteiger charge is -2.38. The summed E-state index contributed by atoms with van der Waals surface area (Å²) in [5.74, 6) is -0.902. The van der Waals surface area contributed by atoms with Crippen LogP contribution in [0, 0.1) is 0 Å². The molecule has 4 nitrogen and oxygen atoms in total. The first-order valence-corrected chi connectivity index (χ1v) is 16.8. The van der Waals surface area contributed by atoms with Gasteiger partial charge in [0, 0.05) is 6.08 Å². The number of allylic oxidation sites excluding steroid dienone is 1. The molecule has 0 aromatic heterocycles. The predicted octanol–water partition coefficient (Wildman–Crippen LogP) is 7.46. The lowest BCUT2D eigenvalue weighted by molar-refractivity contribution is -0.131. The van der Waals surface area contributed by atoms with Crippen molar-refractivity contribution in [3.63, 3.8) is 0 Å². The van der Waals surface area contributed by atoms with Gasteiger partial charge in [0.25, 0.3) is 0 Å². The number of hydrogen-bond acceptors (Lipinski definition) is 3. The first-order valence-electron chi connectivity index (χ1n) is 14.3. The second-order valence-corrected chi connectivity index (χ2v) is 19.6. The normalized spacial score (nSPS) is 14.2. The molecule has 0 unspecified atom stereocenters. The van der Waals surface area contributed by atoms with Gasteiger partial charge in [0.2, 0.25) is 0 Å². The van der Waals surface area contributed by atoms with Crippen molar-refractivity contribution in [1.82, 2.24) is 0 Å². The molecule has 2 aromatic rings. The zero-order valence-electron chi connectivity index (χ0n) is 26.3. The minimum atomic E-state index is -0.902. The molecule has 2 aromatic carbocycles. The number of carboxylic acids is 1. The zero-order chi connectivity index (χ0) is 29.6. The SMILES string of the molecule is CCC(=CC(=O)O)c1cccc(CCc2ccc(C(C)(C)O[SiH2]C(C)(C)C)c(C(C)(C)O[SiH2]C(C)(C)C)c2)c1. The maximum atomic E-state index is 11.2. The van der Waals surface area contributed by atoms with E-state index in [9.17, 15) is 9.90 Å². The van der Waals surface area contributed by atoms with Crippen molar-refractivity contribution in [2.45, 2.75) is 117 Å². The molecule has 0 fully saturated rings. The van der Waals surface area contributed by atoms with Gasteiger partial charge in [-0.3, -0.25) is 0 Å². The third kappa shape index (κ3) is 10.8. The summed E-state index contributed by atoms with van der Waals surface area (Å²) < 4.78 is 13.4. The molecule has 0 amide bonds. The molecule has 6 heteroatoms. The largest absolute Gasteiger partial charge is 0.478 e. The molecule has 1 N–H and O–H groups in total. The lowest BCUT2D eigenvalue weighted by atomic mass is 9.84. The van der Waals surface area contributed by atoms with Crippen LogP contribution < -0.4 is 0 Å². The van der Waals surface area contributed by atoms with Gasteiger partial charge in [0.15, 0.2) is 19.5 Å². The fourth-order valence-electron chi connectivity index (χ4n) is 4.47. The quantitative estimate of drug-likeness (QED) is 0.213. The summed E-state index contributed by atoms with van der Waals surface area (Å²) >= 11 is 0. The van der Waals surface area contributed by atoms with E-state index >= 15 is 0 Å². The average Bonchev–Trinajstić information content (AvgIpc) is 2.83. The molecule has 0 bridgehead atoms. The Balaban J connectivity index is 2.41. The van der Waals surface area contributed by atoms with Crippen molar-refractivity contribution in [3.8, 4) is 0 Å². The number of aryl methyl sites for hydroxylation is 2. The monoisotopic (exact) mass is 568 g/mol. The highest BCUT2D eigenvalue weighted by Gasteiger charge is 2.33. The number of rotatable bonds is 12. The molecule has 0 spiro atoms. The van der Waals surface area contributed by atoms with E-state index in [4.69, 9.17) is 8.85 Å². The number of carboxylic acid groups (broad SMARTS) is 1. The molecule has 0 heterocycles. The fraction of sp³-hybridized carbons (Fsp3) is 0.545. The number of hydrogen-bond donors (Lipinski definition) is 1. The summed E-state index contributed by atoms with van der Waals surface area (Å²) in [6, 6.07) is 15.1. The average molecular weight is 569 g/mol. The van der Waals surface area contributed by atoms with E-state index in [0.29, 0.717) is 6.42 Å². The Morgan fingerprint density at radius 3 is 1.77 bits per heavy atom. The highest BCUT2D eigenvalue weighted by atomic mass is 28.2. The molecular formula is C33H52O4Si2. The van der Waals surface area contributed by atoms with E-state index in [0.717, 1.165) is 24.0 Å². The fourth-order valence-corrected chi connectivity index (χ4v) is 6.37. The van der Waals surface area contributed by atoms with Crippen LogP contribution in [-0.2, 0) is 37.7 Å². The molecule has 0 radical (unpaired) electrons. The van der Waals surface area contributed by atoms with Crippen LogP contribution in [-0.4, -0.2) is 30.6 Å². The first kappa shape index (κ1) is 33.2. The van der Waals surface area contributed by atoms with E-state index in [1.807, 2.05) is 19.1 Å². The van der Waals surface area contributed by atoms with E-state index in [1.54, 1.807) is 0 Å². The summed E-state index contributed by atoms with van der Waals surface area (Å²) in [6.07, 6.45) is 3.78. The molecule has 0 aliphatic rings. The topological polar surface area (TPSA) is 55.8 Å². The standard InChI is InChI=1S/C33H52O4Si2/c1-12-25(22-29(34)35)26-15-13-14-23(20-26)16-17-24-18-19-27(32(8,9)36-38-30(2,3)4)28(21-24)33(10,11)37-39-31(5,6)7/h13-15,18-22H,12,16-17,38-39H2,1-11H3,(H,34,35). The van der Waals surface area contributed by atoms with Crippen molar-refractivity contribution in [2.75, 3.05) is 0 Å². The van der Waals surface area contributed by atoms with Gasteiger partial charge in [0.05, 0.1) is 11.2 Å². The number of benzene rings is 2. The molecule has 0 saturated heterocycles. The van der Waals surface area contributed by atoms with Crippen molar-refractivity contribution in [2.24, 2.45) is 0 Å². The number of aliphatic carboxylic acids is 1. The molecule has 0 aliphatic carbocycles. The van der Waals surface area contributed by atoms with Gasteiger partial charge in [-0.15, -0.1) is 0 Å². The Kier molecular flexibility index (Phi) is 11.2. The van der Waals surface area contributed by atoms with Gasteiger partial charge in [-0.1, -0.05) is 90.9 Å². The summed E-state index contributed by atoms with van der Waals surface area (Å²) in [4.78, 5) is 11.2. The summed E-state index contributed by atoms with van der Waals surface area (Å²) in [6.45, 7) is 24.4. The molecule has 39 heavy (non-hydrogen) atoms. The number of carbonyl (C=O) groups is 1. The van der Waals surface area contributed by atoms with Gasteiger partial charge in [-0.2, -0.15) is 0 Å². The van der Waals surface area contributed by atoms with Gasteiger partial charge in [0.1, 0.15) is 0 Å². The molecule has 0 atom stereocenters. The lowest BCUT2D eigenvalue weighted by Crippen LogP contribution is -2.34. The van der Waals surface area contributed by atoms with Crippen LogP contribution in [0.2, 0.25) is 10.1 Å². The van der Waals surface area contributed by atoms with Crippen LogP contribution >= 0.6 is 0 Å². The van der Waals surface area contributed by atoms with E-state index < -0.39 is 36.7 Å². The highest BCUT2D eigenvalue weighted by Crippen LogP contribution is 2.39. The van der Waals surface area contributed by atoms with Crippen molar-refractivity contribution in [1.29, 1.82) is 0 Å². The Morgan fingerprint density at radius 2 is 1.28 bits per heavy atom. The van der Waals surface area contributed by atoms with E-state index in [2.05, 4.69) is 99.6 Å². The molecule has 0 saturated carbocycles. The van der Waals surface area contributed by atoms with Gasteiger partial charge >= 0.3 is 5.97 Å². The molecule has 0 aliphatic heterocycles. The van der Waals surface area contributed by atoms with Gasteiger partial charge in [-0.05, 0) is 90.4 Å². The predicted molar refractivity (Wildman–Crippen MR) is 171 cm³/mol. The van der Waals surface area contributed by atoms with Gasteiger partial charge < -0.3 is 14.0 Å². The van der Waals surface area contributed by atoms with Crippen LogP contribution in [0.4, 0.5) is 0 Å². The zero-order valence-corrected chi connectivity index (χ0v) is 29.2. The maximum Gasteiger partial charge on any atom is 0.328 e. The van der Waals surface area contributed by atoms with E-state index in [-0.39, 0.29) is 10.1 Å². The van der Waals surface area contributed by atoms with Crippen molar-refractivity contribution in [3.05, 3.63) is 76.4 Å². The van der Waals surface area contributed by atoms with Gasteiger partial charge in [-0.25, -0.2) is 4.79 Å². The minimum absolute atomic E-state index is 0.206.